The van der Waals surface area contributed by atoms with Crippen molar-refractivity contribution in [1.82, 2.24) is 0 Å². The number of hydrogen-bond acceptors (Lipinski definition) is 4. The fraction of sp³-hybridized carbons (Fsp3) is 0.0625. The molecule has 5 nitrogen and oxygen atoms in total. The van der Waals surface area contributed by atoms with E-state index in [-0.39, 0.29) is 0 Å². The Morgan fingerprint density at radius 2 is 1.14 bits per heavy atom. The van der Waals surface area contributed by atoms with Gasteiger partial charge in [0.05, 0.1) is 0 Å². The smallest absolute Gasteiger partial charge is 0.211 e. The molecular formula is C16H18N2O3. The molecule has 110 valence electrons. The van der Waals surface area contributed by atoms with Crippen LogP contribution in [0.3, 0.4) is 0 Å². The first kappa shape index (κ1) is 18.0. The van der Waals surface area contributed by atoms with E-state index in [0.717, 1.165) is 22.5 Å². The van der Waals surface area contributed by atoms with Crippen LogP contribution in [0.15, 0.2) is 48.5 Å². The number of amides is 1. The highest BCUT2D eigenvalue weighted by molar-refractivity contribution is 5.74. The van der Waals surface area contributed by atoms with Crippen LogP contribution >= 0.6 is 0 Å². The van der Waals surface area contributed by atoms with E-state index in [1.54, 1.807) is 0 Å². The van der Waals surface area contributed by atoms with Gasteiger partial charge in [-0.25, -0.2) is 0 Å². The van der Waals surface area contributed by atoms with Crippen LogP contribution < -0.4 is 10.6 Å². The fourth-order valence-electron chi connectivity index (χ4n) is 1.66. The number of carbonyl (C=O) groups excluding carboxylic acids is 3. The fourth-order valence-corrected chi connectivity index (χ4v) is 1.66. The number of hydrogen-bond donors (Lipinski definition) is 2. The van der Waals surface area contributed by atoms with Crippen LogP contribution in [-0.4, -0.2) is 27.0 Å². The lowest BCUT2D eigenvalue weighted by Gasteiger charge is -2.05. The van der Waals surface area contributed by atoms with Crippen molar-refractivity contribution in [2.45, 2.75) is 0 Å². The first-order valence-electron chi connectivity index (χ1n) is 5.99. The predicted molar refractivity (Wildman–Crippen MR) is 85.4 cm³/mol. The quantitative estimate of drug-likeness (QED) is 0.847. The minimum atomic E-state index is 0.677. The van der Waals surface area contributed by atoms with Crippen LogP contribution in [0, 0.1) is 0 Å². The van der Waals surface area contributed by atoms with Crippen LogP contribution in [-0.2, 0) is 14.4 Å². The lowest BCUT2D eigenvalue weighted by molar-refractivity contribution is -0.105. The molecule has 0 aliphatic carbocycles. The summed E-state index contributed by atoms with van der Waals surface area (Å²) >= 11 is 0. The molecular weight excluding hydrogens is 268 g/mol. The Kier molecular flexibility index (Phi) is 9.39. The highest BCUT2D eigenvalue weighted by atomic mass is 16.1. The Labute approximate surface area is 124 Å². The third kappa shape index (κ3) is 5.69. The normalized spacial score (nSPS) is 8.24. The van der Waals surface area contributed by atoms with Gasteiger partial charge in [0.25, 0.3) is 0 Å². The van der Waals surface area contributed by atoms with Crippen molar-refractivity contribution < 1.29 is 14.4 Å². The first-order valence-corrected chi connectivity index (χ1v) is 5.99. The molecule has 0 radical (unpaired) electrons. The third-order valence-electron chi connectivity index (χ3n) is 2.62. The summed E-state index contributed by atoms with van der Waals surface area (Å²) < 4.78 is 0. The van der Waals surface area contributed by atoms with E-state index in [1.165, 1.54) is 0 Å². The van der Waals surface area contributed by atoms with E-state index < -0.39 is 0 Å². The van der Waals surface area contributed by atoms with Crippen LogP contribution in [0.2, 0.25) is 0 Å². The molecule has 0 aliphatic rings. The van der Waals surface area contributed by atoms with Gasteiger partial charge < -0.3 is 20.2 Å². The Balaban J connectivity index is 0.000000921. The molecule has 21 heavy (non-hydrogen) atoms. The number of benzene rings is 2. The number of rotatable bonds is 4. The Hall–Kier alpha value is -2.95. The standard InChI is InChI=1S/C14H14N2O.2CH2O/c1-15-13-6-2-11(3-7-13)12-4-8-14(9-5-12)16-10-17;2*1-2/h2-10,15H,1H3,(H,16,17);2*1H2. The van der Waals surface area contributed by atoms with Crippen molar-refractivity contribution in [3.63, 3.8) is 0 Å². The zero-order valence-corrected chi connectivity index (χ0v) is 11.8. The molecule has 0 aromatic heterocycles. The molecule has 0 saturated heterocycles. The van der Waals surface area contributed by atoms with Crippen molar-refractivity contribution in [3.05, 3.63) is 48.5 Å². The molecule has 1 amide bonds. The van der Waals surface area contributed by atoms with E-state index in [9.17, 15) is 4.79 Å². The second-order valence-corrected chi connectivity index (χ2v) is 3.67. The van der Waals surface area contributed by atoms with Gasteiger partial charge in [-0.2, -0.15) is 0 Å². The van der Waals surface area contributed by atoms with Gasteiger partial charge in [0, 0.05) is 18.4 Å². The average Bonchev–Trinajstić information content (AvgIpc) is 2.60. The van der Waals surface area contributed by atoms with E-state index in [4.69, 9.17) is 9.59 Å². The van der Waals surface area contributed by atoms with Gasteiger partial charge >= 0.3 is 0 Å². The summed E-state index contributed by atoms with van der Waals surface area (Å²) in [5.41, 5.74) is 4.18. The first-order chi connectivity index (χ1) is 10.3. The van der Waals surface area contributed by atoms with Gasteiger partial charge in [-0.15, -0.1) is 0 Å². The summed E-state index contributed by atoms with van der Waals surface area (Å²) in [4.78, 5) is 26.3. The van der Waals surface area contributed by atoms with Crippen LogP contribution in [0.5, 0.6) is 0 Å². The number of anilines is 2. The van der Waals surface area contributed by atoms with Crippen LogP contribution in [0.4, 0.5) is 11.4 Å². The van der Waals surface area contributed by atoms with Crippen molar-refractivity contribution >= 4 is 31.4 Å². The molecule has 0 fully saturated rings. The molecule has 0 spiro atoms. The molecule has 2 aromatic carbocycles. The molecule has 0 bridgehead atoms. The minimum Gasteiger partial charge on any atom is -0.388 e. The largest absolute Gasteiger partial charge is 0.388 e. The van der Waals surface area contributed by atoms with Gasteiger partial charge in [-0.05, 0) is 35.4 Å². The molecule has 0 saturated carbocycles. The lowest BCUT2D eigenvalue weighted by atomic mass is 10.1. The van der Waals surface area contributed by atoms with Crippen molar-refractivity contribution in [3.8, 4) is 11.1 Å². The predicted octanol–water partition coefficient (Wildman–Crippen LogP) is 2.59. The van der Waals surface area contributed by atoms with E-state index in [2.05, 4.69) is 22.8 Å². The van der Waals surface area contributed by atoms with E-state index >= 15 is 0 Å². The molecule has 0 unspecified atom stereocenters. The molecule has 0 aliphatic heterocycles. The maximum absolute atomic E-state index is 10.3. The molecule has 2 N–H and O–H groups in total. The molecule has 0 atom stereocenters. The minimum absolute atomic E-state index is 0.677. The lowest BCUT2D eigenvalue weighted by Crippen LogP contribution is -1.92. The molecule has 2 aromatic rings. The highest BCUT2D eigenvalue weighted by Gasteiger charge is 1.97. The zero-order chi connectivity index (χ0) is 16.1. The van der Waals surface area contributed by atoms with Gasteiger partial charge in [-0.3, -0.25) is 4.79 Å². The molecule has 5 heteroatoms. The summed E-state index contributed by atoms with van der Waals surface area (Å²) in [6.07, 6.45) is 0.677. The van der Waals surface area contributed by atoms with Gasteiger partial charge in [0.1, 0.15) is 13.6 Å². The Morgan fingerprint density at radius 3 is 1.48 bits per heavy atom. The van der Waals surface area contributed by atoms with E-state index in [1.807, 2.05) is 57.0 Å². The SMILES string of the molecule is C=O.C=O.CNc1ccc(-c2ccc(NC=O)cc2)cc1. The second-order valence-electron chi connectivity index (χ2n) is 3.67. The van der Waals surface area contributed by atoms with Gasteiger partial charge in [0.2, 0.25) is 6.41 Å². The Bertz CT molecular complexity index is 522. The average molecular weight is 286 g/mol. The third-order valence-corrected chi connectivity index (χ3v) is 2.62. The Morgan fingerprint density at radius 1 is 0.762 bits per heavy atom. The molecule has 0 heterocycles. The van der Waals surface area contributed by atoms with Crippen molar-refractivity contribution in [2.24, 2.45) is 0 Å². The van der Waals surface area contributed by atoms with Gasteiger partial charge in [0.15, 0.2) is 0 Å². The summed E-state index contributed by atoms with van der Waals surface area (Å²) in [5, 5.41) is 5.70. The summed E-state index contributed by atoms with van der Waals surface area (Å²) in [7, 11) is 1.90. The molecule has 2 rings (SSSR count). The van der Waals surface area contributed by atoms with Crippen LogP contribution in [0.1, 0.15) is 0 Å². The zero-order valence-electron chi connectivity index (χ0n) is 11.8. The van der Waals surface area contributed by atoms with E-state index in [0.29, 0.717) is 6.41 Å². The summed E-state index contributed by atoms with van der Waals surface area (Å²) in [6, 6.07) is 15.9. The maximum Gasteiger partial charge on any atom is 0.211 e. The summed E-state index contributed by atoms with van der Waals surface area (Å²) in [5.74, 6) is 0. The topological polar surface area (TPSA) is 75.3 Å². The second kappa shape index (κ2) is 10.9. The van der Waals surface area contributed by atoms with Crippen molar-refractivity contribution in [1.29, 1.82) is 0 Å². The monoisotopic (exact) mass is 286 g/mol. The van der Waals surface area contributed by atoms with Gasteiger partial charge in [-0.1, -0.05) is 24.3 Å². The van der Waals surface area contributed by atoms with Crippen molar-refractivity contribution in [2.75, 3.05) is 17.7 Å². The number of carbonyl (C=O) groups is 3. The number of nitrogens with one attached hydrogen (secondary N) is 2. The summed E-state index contributed by atoms with van der Waals surface area (Å²) in [6.45, 7) is 4.00. The van der Waals surface area contributed by atoms with Crippen LogP contribution in [0.25, 0.3) is 11.1 Å². The maximum atomic E-state index is 10.3. The highest BCUT2D eigenvalue weighted by Crippen LogP contribution is 2.22.